The summed E-state index contributed by atoms with van der Waals surface area (Å²) in [6.45, 7) is 2.04. The van der Waals surface area contributed by atoms with Gasteiger partial charge in [-0.05, 0) is 56.6 Å². The number of likely N-dealkylation sites (N-methyl/N-ethyl adjacent to an activating group) is 1. The van der Waals surface area contributed by atoms with Crippen LogP contribution in [-0.2, 0) is 6.42 Å². The van der Waals surface area contributed by atoms with E-state index in [1.54, 1.807) is 13.2 Å². The molecule has 1 rings (SSSR count). The number of aliphatic hydroxyl groups excluding tert-OH is 1. The molecule has 0 unspecified atom stereocenters. The van der Waals surface area contributed by atoms with Crippen molar-refractivity contribution >= 4 is 0 Å². The van der Waals surface area contributed by atoms with E-state index in [4.69, 9.17) is 9.84 Å². The Labute approximate surface area is 108 Å². The Kier molecular flexibility index (Phi) is 6.68. The number of hydrogen-bond donors (Lipinski definition) is 1. The lowest BCUT2D eigenvalue weighted by molar-refractivity contribution is 0.264. The monoisotopic (exact) mass is 255 g/mol. The molecule has 0 aliphatic carbocycles. The van der Waals surface area contributed by atoms with E-state index >= 15 is 0 Å². The lowest BCUT2D eigenvalue weighted by atomic mass is 10.1. The second-order valence-corrected chi connectivity index (χ2v) is 4.44. The molecule has 0 aromatic heterocycles. The molecule has 0 saturated carbocycles. The van der Waals surface area contributed by atoms with Crippen molar-refractivity contribution in [3.63, 3.8) is 0 Å². The third kappa shape index (κ3) is 5.02. The number of halogens is 1. The van der Waals surface area contributed by atoms with Crippen LogP contribution in [0.15, 0.2) is 18.2 Å². The molecule has 3 nitrogen and oxygen atoms in total. The Morgan fingerprint density at radius 3 is 2.72 bits per heavy atom. The average molecular weight is 255 g/mol. The van der Waals surface area contributed by atoms with Crippen LogP contribution in [0.1, 0.15) is 18.4 Å². The number of unbranched alkanes of at least 4 members (excludes halogenated alkanes) is 1. The maximum atomic E-state index is 13.2. The Morgan fingerprint density at radius 2 is 2.06 bits per heavy atom. The van der Waals surface area contributed by atoms with E-state index in [9.17, 15) is 4.39 Å². The van der Waals surface area contributed by atoms with Crippen LogP contribution in [-0.4, -0.2) is 43.9 Å². The van der Waals surface area contributed by atoms with E-state index in [1.807, 2.05) is 7.05 Å². The Balaban J connectivity index is 2.44. The average Bonchev–Trinajstić information content (AvgIpc) is 2.37. The first-order valence-electron chi connectivity index (χ1n) is 6.29. The molecular weight excluding hydrogens is 233 g/mol. The van der Waals surface area contributed by atoms with Gasteiger partial charge in [-0.1, -0.05) is 0 Å². The van der Waals surface area contributed by atoms with Gasteiger partial charge in [-0.2, -0.15) is 0 Å². The van der Waals surface area contributed by atoms with Gasteiger partial charge in [-0.3, -0.25) is 0 Å². The van der Waals surface area contributed by atoms with Gasteiger partial charge < -0.3 is 14.7 Å². The maximum absolute atomic E-state index is 13.2. The number of hydrogen-bond acceptors (Lipinski definition) is 3. The van der Waals surface area contributed by atoms with E-state index in [0.29, 0.717) is 0 Å². The third-order valence-corrected chi connectivity index (χ3v) is 2.95. The normalized spacial score (nSPS) is 10.9. The molecule has 0 aliphatic rings. The summed E-state index contributed by atoms with van der Waals surface area (Å²) in [4.78, 5) is 2.18. The van der Waals surface area contributed by atoms with Crippen molar-refractivity contribution in [3.05, 3.63) is 29.6 Å². The summed E-state index contributed by atoms with van der Waals surface area (Å²) in [5.74, 6) is 0.508. The molecular formula is C14H22FNO2. The van der Waals surface area contributed by atoms with Crippen molar-refractivity contribution < 1.29 is 14.2 Å². The number of nitrogens with zero attached hydrogens (tertiary/aromatic N) is 1. The van der Waals surface area contributed by atoms with Gasteiger partial charge in [0.1, 0.15) is 11.6 Å². The molecule has 0 aliphatic heterocycles. The van der Waals surface area contributed by atoms with Gasteiger partial charge in [-0.15, -0.1) is 0 Å². The molecule has 1 aromatic carbocycles. The van der Waals surface area contributed by atoms with Crippen molar-refractivity contribution in [2.24, 2.45) is 0 Å². The fourth-order valence-electron chi connectivity index (χ4n) is 1.86. The minimum absolute atomic E-state index is 0.228. The van der Waals surface area contributed by atoms with Gasteiger partial charge in [0.25, 0.3) is 0 Å². The summed E-state index contributed by atoms with van der Waals surface area (Å²) >= 11 is 0. The summed E-state index contributed by atoms with van der Waals surface area (Å²) < 4.78 is 18.4. The van der Waals surface area contributed by atoms with Gasteiger partial charge >= 0.3 is 0 Å². The molecule has 0 fully saturated rings. The van der Waals surface area contributed by atoms with E-state index in [1.165, 1.54) is 12.1 Å². The van der Waals surface area contributed by atoms with Crippen LogP contribution in [0, 0.1) is 5.82 Å². The zero-order valence-corrected chi connectivity index (χ0v) is 11.2. The summed E-state index contributed by atoms with van der Waals surface area (Å²) in [5.41, 5.74) is 0.895. The van der Waals surface area contributed by atoms with E-state index < -0.39 is 0 Å². The molecule has 0 atom stereocenters. The van der Waals surface area contributed by atoms with Gasteiger partial charge in [0.2, 0.25) is 0 Å². The minimum atomic E-state index is -0.228. The lowest BCUT2D eigenvalue weighted by Gasteiger charge is -2.17. The lowest BCUT2D eigenvalue weighted by Crippen LogP contribution is -2.22. The number of rotatable bonds is 8. The molecule has 0 heterocycles. The fourth-order valence-corrected chi connectivity index (χ4v) is 1.86. The maximum Gasteiger partial charge on any atom is 0.123 e. The van der Waals surface area contributed by atoms with Crippen molar-refractivity contribution in [1.29, 1.82) is 0 Å². The Bertz CT molecular complexity index is 358. The molecule has 18 heavy (non-hydrogen) atoms. The van der Waals surface area contributed by atoms with Crippen LogP contribution in [0.4, 0.5) is 4.39 Å². The predicted molar refractivity (Wildman–Crippen MR) is 70.5 cm³/mol. The molecule has 4 heteroatoms. The SMILES string of the molecule is COc1ccc(F)cc1CCN(C)CCCCO. The molecule has 0 spiro atoms. The molecule has 0 bridgehead atoms. The smallest absolute Gasteiger partial charge is 0.123 e. The molecule has 0 amide bonds. The Morgan fingerprint density at radius 1 is 1.28 bits per heavy atom. The van der Waals surface area contributed by atoms with Crippen molar-refractivity contribution in [1.82, 2.24) is 4.90 Å². The molecule has 1 N–H and O–H groups in total. The predicted octanol–water partition coefficient (Wildman–Crippen LogP) is 2.08. The quantitative estimate of drug-likeness (QED) is 0.722. The van der Waals surface area contributed by atoms with Crippen molar-refractivity contribution in [2.45, 2.75) is 19.3 Å². The highest BCUT2D eigenvalue weighted by Gasteiger charge is 2.06. The summed E-state index contributed by atoms with van der Waals surface area (Å²) in [5, 5.41) is 8.71. The summed E-state index contributed by atoms with van der Waals surface area (Å²) in [7, 11) is 3.63. The molecule has 102 valence electrons. The number of benzene rings is 1. The summed E-state index contributed by atoms with van der Waals surface area (Å²) in [6.07, 6.45) is 2.57. The van der Waals surface area contributed by atoms with Crippen molar-refractivity contribution in [2.75, 3.05) is 33.9 Å². The van der Waals surface area contributed by atoms with Crippen LogP contribution in [0.25, 0.3) is 0 Å². The minimum Gasteiger partial charge on any atom is -0.496 e. The van der Waals surface area contributed by atoms with Crippen LogP contribution in [0.3, 0.4) is 0 Å². The Hall–Kier alpha value is -1.13. The standard InChI is InChI=1S/C14H22FNO2/c1-16(8-3-4-10-17)9-7-12-11-13(15)5-6-14(12)18-2/h5-6,11,17H,3-4,7-10H2,1-2H3. The largest absolute Gasteiger partial charge is 0.496 e. The van der Waals surface area contributed by atoms with Crippen molar-refractivity contribution in [3.8, 4) is 5.75 Å². The highest BCUT2D eigenvalue weighted by atomic mass is 19.1. The highest BCUT2D eigenvalue weighted by Crippen LogP contribution is 2.19. The second kappa shape index (κ2) is 8.06. The van der Waals surface area contributed by atoms with Crippen LogP contribution < -0.4 is 4.74 Å². The number of aliphatic hydroxyl groups is 1. The highest BCUT2D eigenvalue weighted by molar-refractivity contribution is 5.34. The zero-order valence-electron chi connectivity index (χ0n) is 11.2. The van der Waals surface area contributed by atoms with E-state index in [-0.39, 0.29) is 12.4 Å². The number of ether oxygens (including phenoxy) is 1. The van der Waals surface area contributed by atoms with E-state index in [2.05, 4.69) is 4.90 Å². The van der Waals surface area contributed by atoms with Gasteiger partial charge in [-0.25, -0.2) is 4.39 Å². The van der Waals surface area contributed by atoms with Gasteiger partial charge in [0, 0.05) is 13.2 Å². The molecule has 1 aromatic rings. The van der Waals surface area contributed by atoms with Crippen LogP contribution in [0.5, 0.6) is 5.75 Å². The molecule has 0 saturated heterocycles. The number of methoxy groups -OCH3 is 1. The van der Waals surface area contributed by atoms with Gasteiger partial charge in [0.15, 0.2) is 0 Å². The topological polar surface area (TPSA) is 32.7 Å². The third-order valence-electron chi connectivity index (χ3n) is 2.95. The summed E-state index contributed by atoms with van der Waals surface area (Å²) in [6, 6.07) is 4.60. The molecule has 0 radical (unpaired) electrons. The van der Waals surface area contributed by atoms with Gasteiger partial charge in [0.05, 0.1) is 7.11 Å². The fraction of sp³-hybridized carbons (Fsp3) is 0.571. The zero-order chi connectivity index (χ0) is 13.4. The van der Waals surface area contributed by atoms with Crippen LogP contribution >= 0.6 is 0 Å². The van der Waals surface area contributed by atoms with Crippen LogP contribution in [0.2, 0.25) is 0 Å². The second-order valence-electron chi connectivity index (χ2n) is 4.44. The first kappa shape index (κ1) is 14.9. The first-order valence-corrected chi connectivity index (χ1v) is 6.29. The first-order chi connectivity index (χ1) is 8.67. The van der Waals surface area contributed by atoms with E-state index in [0.717, 1.165) is 43.7 Å².